The molecule has 113 valence electrons. The summed E-state index contributed by atoms with van der Waals surface area (Å²) in [4.78, 5) is 0. The van der Waals surface area contributed by atoms with E-state index >= 15 is 0 Å². The van der Waals surface area contributed by atoms with E-state index in [-0.39, 0.29) is 11.2 Å². The normalized spacial score (nSPS) is 13.4. The fourth-order valence-electron chi connectivity index (χ4n) is 2.71. The molecule has 20 heavy (non-hydrogen) atoms. The van der Waals surface area contributed by atoms with Crippen LogP contribution in [0.1, 0.15) is 90.2 Å². The van der Waals surface area contributed by atoms with Crippen molar-refractivity contribution in [3.05, 3.63) is 29.3 Å². The van der Waals surface area contributed by atoms with Crippen molar-refractivity contribution >= 4 is 0 Å². The van der Waals surface area contributed by atoms with Gasteiger partial charge in [0.25, 0.3) is 0 Å². The topological polar surface area (TPSA) is 19.9 Å². The Morgan fingerprint density at radius 2 is 1.80 bits per heavy atom. The van der Waals surface area contributed by atoms with Crippen LogP contribution in [0.2, 0.25) is 0 Å². The van der Waals surface area contributed by atoms with Crippen LogP contribution in [0.3, 0.4) is 0 Å². The molecule has 1 aromatic rings. The summed E-state index contributed by atoms with van der Waals surface area (Å²) in [6, 6.07) is 5.97. The van der Waals surface area contributed by atoms with Gasteiger partial charge in [-0.3, -0.25) is 5.11 Å². The lowest BCUT2D eigenvalue weighted by molar-refractivity contribution is 0.346. The minimum absolute atomic E-state index is 0.170. The molecule has 0 heterocycles. The van der Waals surface area contributed by atoms with Crippen LogP contribution in [0.15, 0.2) is 18.2 Å². The van der Waals surface area contributed by atoms with E-state index in [9.17, 15) is 5.11 Å². The molecule has 1 rings (SSSR count). The van der Waals surface area contributed by atoms with E-state index in [1.54, 1.807) is 6.07 Å². The Balaban J connectivity index is 2.83. The maximum Gasteiger partial charge on any atom is 0.182 e. The maximum atomic E-state index is 12.0. The van der Waals surface area contributed by atoms with E-state index in [0.29, 0.717) is 5.92 Å². The highest BCUT2D eigenvalue weighted by Gasteiger charge is 2.22. The summed E-state index contributed by atoms with van der Waals surface area (Å²) in [5.74, 6) is 0.559. The summed E-state index contributed by atoms with van der Waals surface area (Å²) in [7, 11) is 0. The van der Waals surface area contributed by atoms with Gasteiger partial charge in [-0.15, -0.1) is 0 Å². The molecule has 1 aromatic carbocycles. The monoisotopic (exact) mass is 275 g/mol. The fraction of sp³-hybridized carbons (Fsp3) is 0.684. The van der Waals surface area contributed by atoms with Crippen LogP contribution in [-0.4, -0.2) is 0 Å². The van der Waals surface area contributed by atoms with Gasteiger partial charge in [0, 0.05) is 5.56 Å². The highest BCUT2D eigenvalue weighted by atomic mass is 16.3. The average Bonchev–Trinajstić information content (AvgIpc) is 2.43. The van der Waals surface area contributed by atoms with Crippen LogP contribution < -0.4 is 0 Å². The zero-order chi connectivity index (χ0) is 15.2. The molecule has 0 fully saturated rings. The lowest BCUT2D eigenvalue weighted by atomic mass is 9.78. The summed E-state index contributed by atoms with van der Waals surface area (Å²) < 4.78 is 0. The van der Waals surface area contributed by atoms with Crippen LogP contribution in [-0.2, 0) is 10.5 Å². The molecular formula is C19H31O. The van der Waals surface area contributed by atoms with Crippen LogP contribution >= 0.6 is 0 Å². The van der Waals surface area contributed by atoms with Gasteiger partial charge in [0.15, 0.2) is 5.75 Å². The summed E-state index contributed by atoms with van der Waals surface area (Å²) in [5, 5.41) is 12.0. The van der Waals surface area contributed by atoms with Crippen LogP contribution in [0.5, 0.6) is 5.75 Å². The number of rotatable bonds is 8. The first-order chi connectivity index (χ1) is 9.42. The van der Waals surface area contributed by atoms with E-state index in [1.165, 1.54) is 37.7 Å². The molecule has 0 N–H and O–H groups in total. The quantitative estimate of drug-likeness (QED) is 0.477. The first-order valence-electron chi connectivity index (χ1n) is 8.23. The van der Waals surface area contributed by atoms with Crippen molar-refractivity contribution in [1.29, 1.82) is 0 Å². The zero-order valence-electron chi connectivity index (χ0n) is 14.0. The molecule has 1 nitrogen and oxygen atoms in total. The largest absolute Gasteiger partial charge is 0.290 e. The van der Waals surface area contributed by atoms with Crippen molar-refractivity contribution in [2.24, 2.45) is 0 Å². The number of unbranched alkanes of at least 4 members (excludes halogenated alkanes) is 3. The van der Waals surface area contributed by atoms with Crippen molar-refractivity contribution in [3.8, 4) is 5.75 Å². The predicted octanol–water partition coefficient (Wildman–Crippen LogP) is 6.59. The van der Waals surface area contributed by atoms with Crippen molar-refractivity contribution in [3.63, 3.8) is 0 Å². The molecule has 0 aliphatic rings. The van der Waals surface area contributed by atoms with E-state index in [2.05, 4.69) is 40.7 Å². The SMILES string of the molecule is CCCCCCC(C)(C)c1ccc([O])c(C(C)CC)c1. The van der Waals surface area contributed by atoms with E-state index in [0.717, 1.165) is 12.0 Å². The van der Waals surface area contributed by atoms with Gasteiger partial charge in [0.2, 0.25) is 0 Å². The standard InChI is InChI=1S/C19H31O/c1-6-8-9-10-13-19(4,5)16-11-12-18(20)17(14-16)15(3)7-2/h11-12,14-15H,6-10,13H2,1-5H3. The van der Waals surface area contributed by atoms with Gasteiger partial charge in [-0.1, -0.05) is 72.4 Å². The molecule has 1 unspecified atom stereocenters. The van der Waals surface area contributed by atoms with Gasteiger partial charge in [-0.2, -0.15) is 0 Å². The molecule has 0 aliphatic heterocycles. The molecular weight excluding hydrogens is 244 g/mol. The second-order valence-electron chi connectivity index (χ2n) is 6.76. The molecule has 1 radical (unpaired) electrons. The summed E-state index contributed by atoms with van der Waals surface area (Å²) in [5.41, 5.74) is 2.49. The third-order valence-electron chi connectivity index (χ3n) is 4.59. The third-order valence-corrected chi connectivity index (χ3v) is 4.59. The van der Waals surface area contributed by atoms with Gasteiger partial charge < -0.3 is 0 Å². The van der Waals surface area contributed by atoms with Crippen LogP contribution in [0, 0.1) is 0 Å². The number of hydrogen-bond acceptors (Lipinski definition) is 0. The molecule has 0 saturated carbocycles. The molecule has 0 spiro atoms. The van der Waals surface area contributed by atoms with Crippen LogP contribution in [0.25, 0.3) is 0 Å². The van der Waals surface area contributed by atoms with Crippen molar-refractivity contribution in [1.82, 2.24) is 0 Å². The molecule has 1 atom stereocenters. The minimum atomic E-state index is 0.170. The minimum Gasteiger partial charge on any atom is -0.290 e. The van der Waals surface area contributed by atoms with Crippen molar-refractivity contribution < 1.29 is 5.11 Å². The Kier molecular flexibility index (Phi) is 6.58. The van der Waals surface area contributed by atoms with E-state index in [1.807, 2.05) is 6.07 Å². The third kappa shape index (κ3) is 4.54. The molecule has 1 heteroatoms. The first kappa shape index (κ1) is 17.1. The Morgan fingerprint density at radius 1 is 1.10 bits per heavy atom. The highest BCUT2D eigenvalue weighted by molar-refractivity contribution is 5.40. The van der Waals surface area contributed by atoms with Gasteiger partial charge in [0.05, 0.1) is 0 Å². The van der Waals surface area contributed by atoms with Crippen molar-refractivity contribution in [2.75, 3.05) is 0 Å². The Bertz CT molecular complexity index is 406. The lowest BCUT2D eigenvalue weighted by Crippen LogP contribution is -2.17. The predicted molar refractivity (Wildman–Crippen MR) is 87.1 cm³/mol. The molecule has 0 amide bonds. The lowest BCUT2D eigenvalue weighted by Gasteiger charge is -2.26. The Labute approximate surface area is 125 Å². The van der Waals surface area contributed by atoms with Gasteiger partial charge in [0.1, 0.15) is 0 Å². The Morgan fingerprint density at radius 3 is 2.40 bits per heavy atom. The second kappa shape index (κ2) is 7.71. The van der Waals surface area contributed by atoms with Gasteiger partial charge in [-0.25, -0.2) is 0 Å². The van der Waals surface area contributed by atoms with Crippen LogP contribution in [0.4, 0.5) is 0 Å². The highest BCUT2D eigenvalue weighted by Crippen LogP contribution is 2.35. The number of benzene rings is 1. The Hall–Kier alpha value is -0.980. The molecule has 0 aromatic heterocycles. The molecule has 0 bridgehead atoms. The summed E-state index contributed by atoms with van der Waals surface area (Å²) in [6.07, 6.45) is 7.42. The van der Waals surface area contributed by atoms with Gasteiger partial charge in [-0.05, 0) is 35.8 Å². The fourth-order valence-corrected chi connectivity index (χ4v) is 2.71. The second-order valence-corrected chi connectivity index (χ2v) is 6.76. The number of hydrogen-bond donors (Lipinski definition) is 0. The van der Waals surface area contributed by atoms with E-state index < -0.39 is 0 Å². The van der Waals surface area contributed by atoms with E-state index in [4.69, 9.17) is 0 Å². The molecule has 0 aliphatic carbocycles. The summed E-state index contributed by atoms with van der Waals surface area (Å²) >= 11 is 0. The summed E-state index contributed by atoms with van der Waals surface area (Å²) in [6.45, 7) is 11.1. The molecule has 0 saturated heterocycles. The maximum absolute atomic E-state index is 12.0. The van der Waals surface area contributed by atoms with Crippen molar-refractivity contribution in [2.45, 2.75) is 84.5 Å². The average molecular weight is 275 g/mol. The zero-order valence-corrected chi connectivity index (χ0v) is 14.0. The smallest absolute Gasteiger partial charge is 0.182 e. The van der Waals surface area contributed by atoms with Gasteiger partial charge >= 0.3 is 0 Å². The first-order valence-corrected chi connectivity index (χ1v) is 8.23.